The highest BCUT2D eigenvalue weighted by Crippen LogP contribution is 2.26. The fraction of sp³-hybridized carbons (Fsp3) is 0.581. The number of carbonyl (C=O) groups is 4. The molecule has 0 saturated carbocycles. The van der Waals surface area contributed by atoms with Crippen molar-refractivity contribution in [1.82, 2.24) is 24.8 Å². The van der Waals surface area contributed by atoms with Crippen molar-refractivity contribution in [2.24, 2.45) is 5.92 Å². The normalized spacial score (nSPS) is 15.9. The van der Waals surface area contributed by atoms with Gasteiger partial charge in [0.2, 0.25) is 24.1 Å². The molecule has 2 heterocycles. The smallest absolute Gasteiger partial charge is 0.250 e. The van der Waals surface area contributed by atoms with Gasteiger partial charge in [-0.3, -0.25) is 24.0 Å². The first-order valence-corrected chi connectivity index (χ1v) is 14.7. The Bertz CT molecular complexity index is 1210. The molecule has 0 aliphatic carbocycles. The first-order valence-electron chi connectivity index (χ1n) is 14.7. The minimum absolute atomic E-state index is 0.0149. The quantitative estimate of drug-likeness (QED) is 0.289. The van der Waals surface area contributed by atoms with Gasteiger partial charge in [-0.2, -0.15) is 0 Å². The highest BCUT2D eigenvalue weighted by atomic mass is 16.7. The van der Waals surface area contributed by atoms with Crippen LogP contribution in [-0.4, -0.2) is 73.9 Å². The summed E-state index contributed by atoms with van der Waals surface area (Å²) < 4.78 is 1.72. The third-order valence-corrected chi connectivity index (χ3v) is 7.37. The fourth-order valence-electron chi connectivity index (χ4n) is 4.79. The highest BCUT2D eigenvalue weighted by molar-refractivity contribution is 5.98. The molecule has 0 radical (unpaired) electrons. The summed E-state index contributed by atoms with van der Waals surface area (Å²) in [5, 5.41) is 6.53. The fourth-order valence-corrected chi connectivity index (χ4v) is 4.79. The summed E-state index contributed by atoms with van der Waals surface area (Å²) in [6, 6.07) is 8.01. The zero-order valence-corrected chi connectivity index (χ0v) is 25.9. The van der Waals surface area contributed by atoms with Crippen LogP contribution in [0.4, 0.5) is 5.82 Å². The number of piperidine rings is 1. The molecular weight excluding hydrogens is 536 g/mol. The van der Waals surface area contributed by atoms with Crippen LogP contribution in [0.25, 0.3) is 0 Å². The molecule has 11 nitrogen and oxygen atoms in total. The summed E-state index contributed by atoms with van der Waals surface area (Å²) in [6.07, 6.45) is 6.57. The van der Waals surface area contributed by atoms with E-state index in [1.54, 1.807) is 51.7 Å². The Hall–Kier alpha value is -3.73. The zero-order valence-electron chi connectivity index (χ0n) is 25.9. The Morgan fingerprint density at radius 3 is 2.33 bits per heavy atom. The first-order chi connectivity index (χ1) is 19.8. The lowest BCUT2D eigenvalue weighted by molar-refractivity contribution is -0.247. The maximum Gasteiger partial charge on any atom is 0.250 e. The number of benzene rings is 1. The second-order valence-electron chi connectivity index (χ2n) is 12.5. The third-order valence-electron chi connectivity index (χ3n) is 7.37. The number of nitrogens with one attached hydrogen (secondary N) is 2. The van der Waals surface area contributed by atoms with Crippen molar-refractivity contribution in [1.29, 1.82) is 0 Å². The van der Waals surface area contributed by atoms with E-state index in [-0.39, 0.29) is 11.7 Å². The average molecular weight is 583 g/mol. The van der Waals surface area contributed by atoms with E-state index in [0.29, 0.717) is 38.3 Å². The van der Waals surface area contributed by atoms with Gasteiger partial charge in [0, 0.05) is 19.3 Å². The molecule has 4 amide bonds. The highest BCUT2D eigenvalue weighted by Gasteiger charge is 2.39. The number of aromatic nitrogens is 2. The molecular formula is C31H46N6O5. The number of imidazole rings is 1. The number of likely N-dealkylation sites (tertiary alicyclic amines) is 1. The van der Waals surface area contributed by atoms with Crippen molar-refractivity contribution in [3.63, 3.8) is 0 Å². The van der Waals surface area contributed by atoms with Crippen LogP contribution >= 0.6 is 0 Å². The predicted octanol–water partition coefficient (Wildman–Crippen LogP) is 3.92. The van der Waals surface area contributed by atoms with Crippen LogP contribution in [0.5, 0.6) is 0 Å². The van der Waals surface area contributed by atoms with Gasteiger partial charge in [-0.25, -0.2) is 10.0 Å². The number of hydrogen-bond donors (Lipinski definition) is 2. The number of nitrogens with zero attached hydrogens (tertiary/aromatic N) is 4. The molecule has 1 fully saturated rings. The Labute approximate surface area is 248 Å². The third kappa shape index (κ3) is 8.40. The van der Waals surface area contributed by atoms with E-state index in [1.807, 2.05) is 42.2 Å². The number of amides is 4. The SMILES string of the molecule is CCC[C@@H](NC(=O)C(C)(C)N(C=O)OC(C)(C)C)C(=O)Nc1cn(C(C(=O)N2CCC(C)CC2)c2ccccc2)cn1. The zero-order chi connectivity index (χ0) is 31.1. The number of rotatable bonds is 12. The van der Waals surface area contributed by atoms with Gasteiger partial charge in [0.05, 0.1) is 11.9 Å². The van der Waals surface area contributed by atoms with Crippen LogP contribution in [0.3, 0.4) is 0 Å². The second-order valence-corrected chi connectivity index (χ2v) is 12.5. The van der Waals surface area contributed by atoms with Crippen LogP contribution in [0.15, 0.2) is 42.9 Å². The summed E-state index contributed by atoms with van der Waals surface area (Å²) in [7, 11) is 0. The molecule has 2 atom stereocenters. The molecule has 1 aliphatic rings. The number of anilines is 1. The molecule has 1 aromatic heterocycles. The molecule has 2 N–H and O–H groups in total. The van der Waals surface area contributed by atoms with Crippen LogP contribution in [0.1, 0.15) is 85.8 Å². The topological polar surface area (TPSA) is 126 Å². The molecule has 3 rings (SSSR count). The van der Waals surface area contributed by atoms with Gasteiger partial charge in [-0.05, 0) is 65.4 Å². The molecule has 0 spiro atoms. The van der Waals surface area contributed by atoms with E-state index in [9.17, 15) is 19.2 Å². The van der Waals surface area contributed by atoms with Crippen molar-refractivity contribution in [2.45, 2.75) is 97.4 Å². The van der Waals surface area contributed by atoms with Gasteiger partial charge < -0.3 is 20.1 Å². The number of carbonyl (C=O) groups excluding carboxylic acids is 4. The van der Waals surface area contributed by atoms with Crippen LogP contribution in [0, 0.1) is 5.92 Å². The van der Waals surface area contributed by atoms with Crippen molar-refractivity contribution in [3.8, 4) is 0 Å². The molecule has 1 aliphatic heterocycles. The summed E-state index contributed by atoms with van der Waals surface area (Å²) in [4.78, 5) is 64.0. The lowest BCUT2D eigenvalue weighted by atomic mass is 9.97. The Morgan fingerprint density at radius 1 is 1.12 bits per heavy atom. The van der Waals surface area contributed by atoms with Crippen molar-refractivity contribution >= 4 is 29.9 Å². The van der Waals surface area contributed by atoms with Gasteiger partial charge in [-0.15, -0.1) is 0 Å². The Balaban J connectivity index is 1.77. The summed E-state index contributed by atoms with van der Waals surface area (Å²) >= 11 is 0. The predicted molar refractivity (Wildman–Crippen MR) is 160 cm³/mol. The molecule has 42 heavy (non-hydrogen) atoms. The van der Waals surface area contributed by atoms with Gasteiger partial charge in [0.15, 0.2) is 5.82 Å². The van der Waals surface area contributed by atoms with Gasteiger partial charge in [0.25, 0.3) is 0 Å². The summed E-state index contributed by atoms with van der Waals surface area (Å²) in [5.41, 5.74) is -1.26. The molecule has 1 saturated heterocycles. The monoisotopic (exact) mass is 582 g/mol. The van der Waals surface area contributed by atoms with Crippen molar-refractivity contribution in [3.05, 3.63) is 48.4 Å². The van der Waals surface area contributed by atoms with Crippen molar-refractivity contribution in [2.75, 3.05) is 18.4 Å². The Morgan fingerprint density at radius 2 is 1.76 bits per heavy atom. The Kier molecular flexibility index (Phi) is 10.9. The second kappa shape index (κ2) is 14.0. The number of hydroxylamine groups is 2. The maximum absolute atomic E-state index is 13.7. The lowest BCUT2D eigenvalue weighted by Gasteiger charge is -2.37. The van der Waals surface area contributed by atoms with E-state index < -0.39 is 35.0 Å². The minimum Gasteiger partial charge on any atom is -0.342 e. The molecule has 11 heteroatoms. The number of hydrogen-bond acceptors (Lipinski definition) is 6. The van der Waals surface area contributed by atoms with Crippen LogP contribution in [0.2, 0.25) is 0 Å². The van der Waals surface area contributed by atoms with Gasteiger partial charge >= 0.3 is 0 Å². The minimum atomic E-state index is -1.38. The van der Waals surface area contributed by atoms with Gasteiger partial charge in [-0.1, -0.05) is 50.6 Å². The van der Waals surface area contributed by atoms with E-state index in [1.165, 1.54) is 0 Å². The van der Waals surface area contributed by atoms with Crippen LogP contribution < -0.4 is 10.6 Å². The van der Waals surface area contributed by atoms with Gasteiger partial charge in [0.1, 0.15) is 17.6 Å². The molecule has 1 unspecified atom stereocenters. The van der Waals surface area contributed by atoms with E-state index >= 15 is 0 Å². The van der Waals surface area contributed by atoms with Crippen molar-refractivity contribution < 1.29 is 24.0 Å². The van der Waals surface area contributed by atoms with Crippen LogP contribution in [-0.2, 0) is 24.0 Å². The van der Waals surface area contributed by atoms with E-state index in [4.69, 9.17) is 4.84 Å². The first kappa shape index (κ1) is 32.8. The molecule has 1 aromatic carbocycles. The summed E-state index contributed by atoms with van der Waals surface area (Å²) in [6.45, 7) is 13.9. The largest absolute Gasteiger partial charge is 0.342 e. The maximum atomic E-state index is 13.7. The summed E-state index contributed by atoms with van der Waals surface area (Å²) in [5.74, 6) is -0.147. The standard InChI is InChI=1S/C31H46N6O5/c1-8-12-24(33-29(41)31(6,7)37(21-38)42-30(3,4)5)27(39)34-25-19-36(20-32-25)26(23-13-10-9-11-14-23)28(40)35-17-15-22(2)16-18-35/h9-11,13-14,19-22,24,26H,8,12,15-18H2,1-7H3,(H,33,41)(H,34,39)/t24-,26?/m1/s1. The van der Waals surface area contributed by atoms with E-state index in [0.717, 1.165) is 23.5 Å². The molecule has 2 aromatic rings. The molecule has 230 valence electrons. The average Bonchev–Trinajstić information content (AvgIpc) is 3.39. The molecule has 0 bridgehead atoms. The van der Waals surface area contributed by atoms with E-state index in [2.05, 4.69) is 22.5 Å². The lowest BCUT2D eigenvalue weighted by Crippen LogP contribution is -2.59.